The Morgan fingerprint density at radius 1 is 1.09 bits per heavy atom. The molecule has 1 aromatic carbocycles. The second-order valence-electron chi connectivity index (χ2n) is 7.64. The molecule has 0 radical (unpaired) electrons. The summed E-state index contributed by atoms with van der Waals surface area (Å²) in [7, 11) is 0. The standard InChI is InChI=1S/C21H22N8O3/c30-12-11-26-7-9-27(10-8-26)21-25-24-19-14-23-20(17-3-1-2-6-22-17)16-13-15(29(31)32)4-5-18(16)28(19)21/h1-6,13,30H,7-12,14H2. The molecule has 164 valence electrons. The van der Waals surface area contributed by atoms with Gasteiger partial charge in [0.05, 0.1) is 28.6 Å². The molecule has 3 aromatic rings. The van der Waals surface area contributed by atoms with Crippen LogP contribution in [0.5, 0.6) is 0 Å². The van der Waals surface area contributed by atoms with Gasteiger partial charge in [-0.3, -0.25) is 29.6 Å². The molecule has 0 aliphatic carbocycles. The summed E-state index contributed by atoms with van der Waals surface area (Å²) < 4.78 is 1.94. The van der Waals surface area contributed by atoms with Gasteiger partial charge >= 0.3 is 0 Å². The van der Waals surface area contributed by atoms with Crippen molar-refractivity contribution in [3.05, 3.63) is 69.8 Å². The normalized spacial score (nSPS) is 16.2. The molecule has 32 heavy (non-hydrogen) atoms. The summed E-state index contributed by atoms with van der Waals surface area (Å²) in [6, 6.07) is 10.3. The molecule has 2 aromatic heterocycles. The van der Waals surface area contributed by atoms with E-state index in [0.29, 0.717) is 35.3 Å². The molecule has 0 bridgehead atoms. The van der Waals surface area contributed by atoms with Gasteiger partial charge in [-0.05, 0) is 18.2 Å². The molecular weight excluding hydrogens is 412 g/mol. The Morgan fingerprint density at radius 2 is 1.94 bits per heavy atom. The van der Waals surface area contributed by atoms with Crippen LogP contribution in [0.4, 0.5) is 11.6 Å². The summed E-state index contributed by atoms with van der Waals surface area (Å²) in [5.41, 5.74) is 2.59. The number of fused-ring (bicyclic) bond motifs is 3. The summed E-state index contributed by atoms with van der Waals surface area (Å²) >= 11 is 0. The number of nitro groups is 1. The highest BCUT2D eigenvalue weighted by Gasteiger charge is 2.28. The summed E-state index contributed by atoms with van der Waals surface area (Å²) in [4.78, 5) is 24.6. The van der Waals surface area contributed by atoms with Crippen LogP contribution in [0.25, 0.3) is 5.69 Å². The van der Waals surface area contributed by atoms with Gasteiger partial charge in [0.2, 0.25) is 5.95 Å². The molecule has 2 aliphatic rings. The summed E-state index contributed by atoms with van der Waals surface area (Å²) in [6.45, 7) is 4.19. The van der Waals surface area contributed by atoms with E-state index in [0.717, 1.165) is 31.9 Å². The van der Waals surface area contributed by atoms with Crippen molar-refractivity contribution in [1.29, 1.82) is 0 Å². The summed E-state index contributed by atoms with van der Waals surface area (Å²) in [5, 5.41) is 29.5. The van der Waals surface area contributed by atoms with Gasteiger partial charge < -0.3 is 10.0 Å². The highest BCUT2D eigenvalue weighted by Crippen LogP contribution is 2.31. The third-order valence-electron chi connectivity index (χ3n) is 5.76. The Bertz CT molecular complexity index is 1170. The smallest absolute Gasteiger partial charge is 0.270 e. The van der Waals surface area contributed by atoms with Crippen molar-refractivity contribution in [1.82, 2.24) is 24.6 Å². The lowest BCUT2D eigenvalue weighted by Crippen LogP contribution is -2.48. The van der Waals surface area contributed by atoms with Gasteiger partial charge in [0.25, 0.3) is 5.69 Å². The van der Waals surface area contributed by atoms with E-state index in [2.05, 4.69) is 25.0 Å². The minimum atomic E-state index is -0.407. The molecule has 1 fully saturated rings. The first kappa shape index (κ1) is 20.2. The molecule has 11 nitrogen and oxygen atoms in total. The Kier molecular flexibility index (Phi) is 5.33. The number of nitro benzene ring substituents is 1. The lowest BCUT2D eigenvalue weighted by Gasteiger charge is -2.34. The monoisotopic (exact) mass is 434 g/mol. The SMILES string of the molecule is O=[N+]([O-])c1ccc2c(c1)C(c1ccccn1)=NCc1nnc(N3CCN(CCO)CC3)n1-2. The number of anilines is 1. The number of piperazine rings is 1. The van der Waals surface area contributed by atoms with Crippen LogP contribution in [0.3, 0.4) is 0 Å². The first-order chi connectivity index (χ1) is 15.7. The van der Waals surface area contributed by atoms with Gasteiger partial charge in [0.1, 0.15) is 6.54 Å². The average Bonchev–Trinajstić information content (AvgIpc) is 3.17. The minimum absolute atomic E-state index is 0.0110. The van der Waals surface area contributed by atoms with Crippen molar-refractivity contribution in [2.75, 3.05) is 44.2 Å². The maximum Gasteiger partial charge on any atom is 0.270 e. The number of non-ortho nitro benzene ring substituents is 1. The summed E-state index contributed by atoms with van der Waals surface area (Å²) in [5.74, 6) is 1.36. The zero-order valence-corrected chi connectivity index (χ0v) is 17.3. The number of benzene rings is 1. The van der Waals surface area contributed by atoms with Crippen LogP contribution < -0.4 is 4.90 Å². The number of aromatic nitrogens is 4. The molecule has 1 N–H and O–H groups in total. The third kappa shape index (κ3) is 3.61. The Morgan fingerprint density at radius 3 is 2.66 bits per heavy atom. The number of rotatable bonds is 5. The molecule has 0 atom stereocenters. The predicted octanol–water partition coefficient (Wildman–Crippen LogP) is 1.04. The van der Waals surface area contributed by atoms with Crippen molar-refractivity contribution in [2.45, 2.75) is 6.54 Å². The molecule has 4 heterocycles. The van der Waals surface area contributed by atoms with Gasteiger partial charge in [-0.15, -0.1) is 10.2 Å². The van der Waals surface area contributed by atoms with Crippen LogP contribution in [0.1, 0.15) is 17.1 Å². The highest BCUT2D eigenvalue weighted by molar-refractivity contribution is 6.14. The van der Waals surface area contributed by atoms with Crippen LogP contribution in [0, 0.1) is 10.1 Å². The van der Waals surface area contributed by atoms with Gasteiger partial charge in [-0.25, -0.2) is 0 Å². The van der Waals surface area contributed by atoms with Crippen molar-refractivity contribution in [2.24, 2.45) is 4.99 Å². The van der Waals surface area contributed by atoms with E-state index < -0.39 is 4.92 Å². The lowest BCUT2D eigenvalue weighted by molar-refractivity contribution is -0.384. The van der Waals surface area contributed by atoms with Crippen LogP contribution in [0.2, 0.25) is 0 Å². The van der Waals surface area contributed by atoms with Crippen molar-refractivity contribution < 1.29 is 10.0 Å². The first-order valence-corrected chi connectivity index (χ1v) is 10.4. The van der Waals surface area contributed by atoms with E-state index >= 15 is 0 Å². The number of nitrogens with zero attached hydrogens (tertiary/aromatic N) is 8. The van der Waals surface area contributed by atoms with E-state index in [4.69, 9.17) is 4.99 Å². The van der Waals surface area contributed by atoms with E-state index in [-0.39, 0.29) is 18.8 Å². The zero-order valence-electron chi connectivity index (χ0n) is 17.3. The third-order valence-corrected chi connectivity index (χ3v) is 5.76. The Hall–Kier alpha value is -3.70. The Labute approximate surface area is 183 Å². The van der Waals surface area contributed by atoms with E-state index in [1.54, 1.807) is 18.3 Å². The average molecular weight is 434 g/mol. The van der Waals surface area contributed by atoms with Crippen LogP contribution in [0.15, 0.2) is 47.6 Å². The van der Waals surface area contributed by atoms with Crippen molar-refractivity contribution in [3.63, 3.8) is 0 Å². The topological polar surface area (TPSA) is 126 Å². The molecule has 0 unspecified atom stereocenters. The highest BCUT2D eigenvalue weighted by atomic mass is 16.6. The lowest BCUT2D eigenvalue weighted by atomic mass is 10.0. The second-order valence-corrected chi connectivity index (χ2v) is 7.64. The van der Waals surface area contributed by atoms with Crippen LogP contribution >= 0.6 is 0 Å². The van der Waals surface area contributed by atoms with Gasteiger partial charge in [0.15, 0.2) is 5.82 Å². The fourth-order valence-corrected chi connectivity index (χ4v) is 4.15. The number of aliphatic imine (C=N–C) groups is 1. The molecule has 11 heteroatoms. The zero-order chi connectivity index (χ0) is 22.1. The van der Waals surface area contributed by atoms with Crippen molar-refractivity contribution in [3.8, 4) is 5.69 Å². The quantitative estimate of drug-likeness (QED) is 0.466. The number of pyridine rings is 1. The Balaban J connectivity index is 1.59. The fourth-order valence-electron chi connectivity index (χ4n) is 4.15. The van der Waals surface area contributed by atoms with Gasteiger partial charge in [-0.2, -0.15) is 0 Å². The maximum absolute atomic E-state index is 11.5. The maximum atomic E-state index is 11.5. The number of aliphatic hydroxyl groups is 1. The van der Waals surface area contributed by atoms with Crippen LogP contribution in [-0.4, -0.2) is 79.7 Å². The molecule has 2 aliphatic heterocycles. The molecule has 1 saturated heterocycles. The molecule has 0 amide bonds. The van der Waals surface area contributed by atoms with Gasteiger partial charge in [0, 0.05) is 56.6 Å². The molecular formula is C21H22N8O3. The minimum Gasteiger partial charge on any atom is -0.395 e. The molecule has 0 spiro atoms. The van der Waals surface area contributed by atoms with Gasteiger partial charge in [-0.1, -0.05) is 6.07 Å². The predicted molar refractivity (Wildman–Crippen MR) is 117 cm³/mol. The summed E-state index contributed by atoms with van der Waals surface area (Å²) in [6.07, 6.45) is 1.68. The molecule has 0 saturated carbocycles. The van der Waals surface area contributed by atoms with E-state index in [1.165, 1.54) is 6.07 Å². The van der Waals surface area contributed by atoms with Crippen molar-refractivity contribution >= 4 is 17.3 Å². The first-order valence-electron chi connectivity index (χ1n) is 10.4. The van der Waals surface area contributed by atoms with E-state index in [1.807, 2.05) is 22.8 Å². The number of hydrogen-bond acceptors (Lipinski definition) is 9. The fraction of sp³-hybridized carbons (Fsp3) is 0.333. The van der Waals surface area contributed by atoms with E-state index in [9.17, 15) is 15.2 Å². The number of β-amino-alcohol motifs (C(OH)–C–C–N with tert-alkyl or cyclic N) is 1. The largest absolute Gasteiger partial charge is 0.395 e. The van der Waals surface area contributed by atoms with Crippen LogP contribution in [-0.2, 0) is 6.54 Å². The molecule has 5 rings (SSSR count). The second kappa shape index (κ2) is 8.44. The number of aliphatic hydroxyl groups excluding tert-OH is 1. The number of hydrogen-bond donors (Lipinski definition) is 1.